The molecule has 0 spiro atoms. The largest absolute Gasteiger partial charge is 0.486 e. The molecule has 17 nitrogen and oxygen atoms in total. The molecule has 11 N–H and O–H groups in total. The highest BCUT2D eigenvalue weighted by molar-refractivity contribution is 6.29. The molecule has 0 saturated carbocycles. The minimum Gasteiger partial charge on any atom is -0.486 e. The molecule has 7 rings (SSSR count). The number of benzene rings is 3. The first-order valence-corrected chi connectivity index (χ1v) is 17.7. The Labute approximate surface area is 309 Å². The number of rotatable bonds is 12. The summed E-state index contributed by atoms with van der Waals surface area (Å²) < 4.78 is 18.2. The third kappa shape index (κ3) is 6.62. The van der Waals surface area contributed by atoms with Gasteiger partial charge in [-0.25, -0.2) is 0 Å². The number of para-hydroxylation sites is 1. The molecular weight excluding hydrogens is 706 g/mol. The quantitative estimate of drug-likeness (QED) is 0.0747. The van der Waals surface area contributed by atoms with Gasteiger partial charge in [-0.3, -0.25) is 30.8 Å². The number of aliphatic hydroxyl groups is 6. The zero-order valence-electron chi connectivity index (χ0n) is 29.0. The van der Waals surface area contributed by atoms with Crippen molar-refractivity contribution in [2.75, 3.05) is 38.0 Å². The normalized spacial score (nSPS) is 28.2. The van der Waals surface area contributed by atoms with Crippen molar-refractivity contribution in [3.05, 3.63) is 88.0 Å². The third-order valence-electron chi connectivity index (χ3n) is 10.3. The van der Waals surface area contributed by atoms with E-state index in [1.54, 1.807) is 18.2 Å². The SMILES string of the molecule is N[C@@H]1NC(=O)[C@@H]2NCN(c3ccccc3[C@H](CCCO)c3cc4c(c(OCCO)c3O[C@H]3O[C@@H](CO)[C@H](O)[C@@H](O)[C@@H]3O)C(=O)c3ccccc3C4=O)[C@H]2N1. The molecule has 3 fully saturated rings. The maximum atomic E-state index is 14.2. The number of aliphatic hydroxyl groups excluding tert-OH is 6. The molecule has 54 heavy (non-hydrogen) atoms. The van der Waals surface area contributed by atoms with Crippen LogP contribution in [0.3, 0.4) is 0 Å². The number of fused-ring (bicyclic) bond motifs is 3. The average Bonchev–Trinajstić information content (AvgIpc) is 3.61. The van der Waals surface area contributed by atoms with Crippen LogP contribution in [0.25, 0.3) is 0 Å². The number of nitrogens with one attached hydrogen (secondary N) is 3. The number of hydrogen-bond donors (Lipinski definition) is 10. The van der Waals surface area contributed by atoms with E-state index in [0.717, 1.165) is 0 Å². The number of carbonyl (C=O) groups is 3. The van der Waals surface area contributed by atoms with Crippen molar-refractivity contribution in [1.29, 1.82) is 0 Å². The maximum absolute atomic E-state index is 14.2. The monoisotopic (exact) mass is 749 g/mol. The highest BCUT2D eigenvalue weighted by Crippen LogP contribution is 2.49. The van der Waals surface area contributed by atoms with Crippen LogP contribution >= 0.6 is 0 Å². The van der Waals surface area contributed by atoms with Crippen molar-refractivity contribution in [1.82, 2.24) is 16.0 Å². The van der Waals surface area contributed by atoms with Crippen LogP contribution in [-0.2, 0) is 9.53 Å². The fraction of sp³-hybridized carbons (Fsp3) is 0.432. The molecule has 288 valence electrons. The van der Waals surface area contributed by atoms with Gasteiger partial charge in [-0.15, -0.1) is 0 Å². The average molecular weight is 750 g/mol. The van der Waals surface area contributed by atoms with Crippen LogP contribution in [0.15, 0.2) is 54.6 Å². The zero-order valence-corrected chi connectivity index (χ0v) is 29.0. The second-order valence-electron chi connectivity index (χ2n) is 13.5. The molecule has 9 atom stereocenters. The van der Waals surface area contributed by atoms with Crippen molar-refractivity contribution in [3.8, 4) is 11.5 Å². The van der Waals surface area contributed by atoms with E-state index in [1.807, 2.05) is 23.1 Å². The van der Waals surface area contributed by atoms with Gasteiger partial charge in [0.1, 0.15) is 49.5 Å². The summed E-state index contributed by atoms with van der Waals surface area (Å²) >= 11 is 0. The van der Waals surface area contributed by atoms with Crippen molar-refractivity contribution in [2.24, 2.45) is 5.73 Å². The van der Waals surface area contributed by atoms with E-state index in [0.29, 0.717) is 11.3 Å². The summed E-state index contributed by atoms with van der Waals surface area (Å²) in [6.45, 7) is -1.58. The molecule has 0 aromatic heterocycles. The molecule has 0 bridgehead atoms. The Hall–Kier alpha value is -4.53. The van der Waals surface area contributed by atoms with E-state index in [-0.39, 0.29) is 77.9 Å². The molecule has 0 unspecified atom stereocenters. The van der Waals surface area contributed by atoms with Gasteiger partial charge in [-0.05, 0) is 30.5 Å². The van der Waals surface area contributed by atoms with Gasteiger partial charge in [0.05, 0.1) is 25.4 Å². The zero-order chi connectivity index (χ0) is 38.3. The molecule has 3 aromatic rings. The number of nitrogens with two attached hydrogens (primary N) is 1. The van der Waals surface area contributed by atoms with Gasteiger partial charge in [-0.1, -0.05) is 42.5 Å². The summed E-state index contributed by atoms with van der Waals surface area (Å²) in [6, 6.07) is 14.4. The van der Waals surface area contributed by atoms with Crippen LogP contribution in [0.4, 0.5) is 5.69 Å². The van der Waals surface area contributed by atoms with E-state index in [1.165, 1.54) is 18.2 Å². The molecule has 4 aliphatic rings. The van der Waals surface area contributed by atoms with Crippen LogP contribution in [0.2, 0.25) is 0 Å². The first kappa shape index (κ1) is 37.8. The summed E-state index contributed by atoms with van der Waals surface area (Å²) in [7, 11) is 0. The number of anilines is 1. The fourth-order valence-electron chi connectivity index (χ4n) is 7.70. The predicted molar refractivity (Wildman–Crippen MR) is 189 cm³/mol. The molecule has 3 heterocycles. The smallest absolute Gasteiger partial charge is 0.242 e. The van der Waals surface area contributed by atoms with Gasteiger partial charge >= 0.3 is 0 Å². The number of carbonyl (C=O) groups excluding carboxylic acids is 3. The summed E-state index contributed by atoms with van der Waals surface area (Å²) in [4.78, 5) is 43.3. The van der Waals surface area contributed by atoms with E-state index in [4.69, 9.17) is 19.9 Å². The lowest BCUT2D eigenvalue weighted by atomic mass is 9.78. The lowest BCUT2D eigenvalue weighted by Gasteiger charge is -2.40. The van der Waals surface area contributed by atoms with E-state index in [9.17, 15) is 45.0 Å². The summed E-state index contributed by atoms with van der Waals surface area (Å²) in [6.07, 6.45) is -9.37. The second kappa shape index (κ2) is 15.7. The Morgan fingerprint density at radius 2 is 1.59 bits per heavy atom. The van der Waals surface area contributed by atoms with E-state index >= 15 is 0 Å². The highest BCUT2D eigenvalue weighted by Gasteiger charge is 2.47. The molecule has 3 saturated heterocycles. The third-order valence-corrected chi connectivity index (χ3v) is 10.3. The minimum atomic E-state index is -1.86. The standard InChI is InChI=1S/C37H43N5O12/c38-37-40-34-26(35(51)41-37)39-16-42(34)23-10-4-3-6-18(23)17(9-5-11-43)21-14-22-25(28(47)20-8-2-1-7-19(20)27(22)46)33(52-13-12-44)32(21)54-36-31(50)30(49)29(48)24(15-45)53-36/h1-4,6-8,10,14,17,24,26,29-31,34,36-37,39-40,43-45,48-50H,5,9,11-13,15-16,38H2,(H,41,51)/t17-,24-,26+,29-,30+,31-,34+,36+,37-/m0/s1. The summed E-state index contributed by atoms with van der Waals surface area (Å²) in [5.74, 6) is -2.52. The highest BCUT2D eigenvalue weighted by atomic mass is 16.7. The Morgan fingerprint density at radius 1 is 0.870 bits per heavy atom. The van der Waals surface area contributed by atoms with Gasteiger partial charge in [0.15, 0.2) is 23.1 Å². The van der Waals surface area contributed by atoms with Gasteiger partial charge in [0, 0.05) is 40.5 Å². The van der Waals surface area contributed by atoms with Crippen molar-refractivity contribution < 1.29 is 59.2 Å². The lowest BCUT2D eigenvalue weighted by Crippen LogP contribution is -2.70. The summed E-state index contributed by atoms with van der Waals surface area (Å²) in [5.41, 5.74) is 7.74. The van der Waals surface area contributed by atoms with Gasteiger partial charge in [0.2, 0.25) is 12.2 Å². The topological polar surface area (TPSA) is 266 Å². The maximum Gasteiger partial charge on any atom is 0.242 e. The summed E-state index contributed by atoms with van der Waals surface area (Å²) in [5, 5.41) is 71.3. The molecule has 17 heteroatoms. The number of nitrogens with zero attached hydrogens (tertiary/aromatic N) is 1. The Morgan fingerprint density at radius 3 is 2.31 bits per heavy atom. The number of amides is 1. The van der Waals surface area contributed by atoms with Crippen molar-refractivity contribution >= 4 is 23.2 Å². The van der Waals surface area contributed by atoms with Crippen molar-refractivity contribution in [3.63, 3.8) is 0 Å². The van der Waals surface area contributed by atoms with Crippen LogP contribution < -0.4 is 36.1 Å². The molecular formula is C37H43N5O12. The minimum absolute atomic E-state index is 0.0197. The number of hydrogen-bond acceptors (Lipinski definition) is 16. The lowest BCUT2D eigenvalue weighted by molar-refractivity contribution is -0.277. The second-order valence-corrected chi connectivity index (χ2v) is 13.5. The molecule has 1 aliphatic carbocycles. The Balaban J connectivity index is 1.45. The van der Waals surface area contributed by atoms with Crippen LogP contribution in [0.1, 0.15) is 61.7 Å². The molecule has 1 amide bonds. The first-order valence-electron chi connectivity index (χ1n) is 17.7. The molecule has 3 aliphatic heterocycles. The van der Waals surface area contributed by atoms with Crippen LogP contribution in [-0.4, -0.2) is 130 Å². The molecule has 0 radical (unpaired) electrons. The Bertz CT molecular complexity index is 1910. The van der Waals surface area contributed by atoms with Gasteiger partial charge < -0.3 is 55.1 Å². The van der Waals surface area contributed by atoms with Crippen LogP contribution in [0, 0.1) is 0 Å². The van der Waals surface area contributed by atoms with E-state index < -0.39 is 79.9 Å². The Kier molecular flexibility index (Phi) is 11.0. The van der Waals surface area contributed by atoms with Gasteiger partial charge in [0.25, 0.3) is 0 Å². The van der Waals surface area contributed by atoms with Crippen molar-refractivity contribution in [2.45, 2.75) is 68.0 Å². The van der Waals surface area contributed by atoms with Crippen LogP contribution in [0.5, 0.6) is 11.5 Å². The fourth-order valence-corrected chi connectivity index (χ4v) is 7.70. The first-order chi connectivity index (χ1) is 26.1. The number of ketones is 2. The van der Waals surface area contributed by atoms with E-state index in [2.05, 4.69) is 16.0 Å². The van der Waals surface area contributed by atoms with Gasteiger partial charge in [-0.2, -0.15) is 0 Å². The number of ether oxygens (including phenoxy) is 3. The molecule has 3 aromatic carbocycles. The predicted octanol–water partition coefficient (Wildman–Crippen LogP) is -2.06.